The molecule has 22 heavy (non-hydrogen) atoms. The van der Waals surface area contributed by atoms with Crippen LogP contribution in [0.5, 0.6) is 5.75 Å². The normalized spacial score (nSPS) is 21.5. The summed E-state index contributed by atoms with van der Waals surface area (Å²) in [6.45, 7) is 1.98. The van der Waals surface area contributed by atoms with Crippen molar-refractivity contribution in [2.45, 2.75) is 25.4 Å². The van der Waals surface area contributed by atoms with Gasteiger partial charge in [0.05, 0.1) is 6.54 Å². The number of hydrogen-bond acceptors (Lipinski definition) is 4. The number of nitrogens with two attached hydrogens (primary N) is 1. The predicted octanol–water partition coefficient (Wildman–Crippen LogP) is 0.866. The molecule has 0 spiro atoms. The second-order valence-electron chi connectivity index (χ2n) is 5.47. The van der Waals surface area contributed by atoms with Crippen molar-refractivity contribution in [3.8, 4) is 5.75 Å². The zero-order chi connectivity index (χ0) is 16.3. The Balaban J connectivity index is 1.98. The van der Waals surface area contributed by atoms with Crippen molar-refractivity contribution in [1.82, 2.24) is 4.90 Å². The largest absolute Gasteiger partial charge is 0.483 e. The Morgan fingerprint density at radius 3 is 2.91 bits per heavy atom. The molecular formula is C15H19ClN2O4. The minimum atomic E-state index is -1.65. The number of carbonyl (C=O) groups excluding carboxylic acids is 2. The smallest absolute Gasteiger partial charge is 0.260 e. The van der Waals surface area contributed by atoms with Crippen LogP contribution in [0.15, 0.2) is 18.2 Å². The maximum absolute atomic E-state index is 12.2. The van der Waals surface area contributed by atoms with E-state index in [-0.39, 0.29) is 25.5 Å². The van der Waals surface area contributed by atoms with Crippen LogP contribution in [0, 0.1) is 6.92 Å². The molecule has 0 saturated carbocycles. The number of halogens is 1. The van der Waals surface area contributed by atoms with Gasteiger partial charge in [-0.05, 0) is 31.9 Å². The maximum Gasteiger partial charge on any atom is 0.260 e. The molecule has 0 unspecified atom stereocenters. The molecule has 0 aromatic heterocycles. The Morgan fingerprint density at radius 1 is 1.50 bits per heavy atom. The number of ether oxygens (including phenoxy) is 1. The van der Waals surface area contributed by atoms with Gasteiger partial charge in [0.15, 0.2) is 12.2 Å². The quantitative estimate of drug-likeness (QED) is 0.858. The van der Waals surface area contributed by atoms with E-state index in [1.165, 1.54) is 4.90 Å². The van der Waals surface area contributed by atoms with Gasteiger partial charge in [-0.2, -0.15) is 0 Å². The lowest BCUT2D eigenvalue weighted by molar-refractivity contribution is -0.150. The molecule has 0 aliphatic carbocycles. The van der Waals surface area contributed by atoms with E-state index in [9.17, 15) is 14.7 Å². The average Bonchev–Trinajstić information content (AvgIpc) is 2.48. The van der Waals surface area contributed by atoms with Gasteiger partial charge in [-0.1, -0.05) is 17.7 Å². The lowest BCUT2D eigenvalue weighted by Gasteiger charge is -2.36. The Morgan fingerprint density at radius 2 is 2.23 bits per heavy atom. The predicted molar refractivity (Wildman–Crippen MR) is 81.6 cm³/mol. The van der Waals surface area contributed by atoms with Crippen LogP contribution in [-0.2, 0) is 9.59 Å². The highest BCUT2D eigenvalue weighted by atomic mass is 35.5. The maximum atomic E-state index is 12.2. The van der Waals surface area contributed by atoms with Crippen molar-refractivity contribution in [3.05, 3.63) is 28.8 Å². The van der Waals surface area contributed by atoms with Gasteiger partial charge in [-0.25, -0.2) is 0 Å². The third-order valence-corrected chi connectivity index (χ3v) is 4.26. The number of carbonyl (C=O) groups is 2. The summed E-state index contributed by atoms with van der Waals surface area (Å²) in [5.41, 5.74) is 4.29. The molecule has 1 saturated heterocycles. The van der Waals surface area contributed by atoms with E-state index in [0.717, 1.165) is 5.56 Å². The molecule has 1 aromatic carbocycles. The Bertz CT molecular complexity index is 593. The van der Waals surface area contributed by atoms with Gasteiger partial charge in [0, 0.05) is 17.1 Å². The second kappa shape index (κ2) is 6.54. The van der Waals surface area contributed by atoms with Crippen LogP contribution in [0.2, 0.25) is 5.02 Å². The van der Waals surface area contributed by atoms with Crippen LogP contribution < -0.4 is 10.5 Å². The summed E-state index contributed by atoms with van der Waals surface area (Å²) >= 11 is 5.99. The van der Waals surface area contributed by atoms with Crippen LogP contribution in [0.3, 0.4) is 0 Å². The molecule has 0 bridgehead atoms. The minimum absolute atomic E-state index is 0.0982. The van der Waals surface area contributed by atoms with E-state index >= 15 is 0 Å². The zero-order valence-electron chi connectivity index (χ0n) is 12.3. The summed E-state index contributed by atoms with van der Waals surface area (Å²) in [5, 5.41) is 10.7. The summed E-state index contributed by atoms with van der Waals surface area (Å²) in [4.78, 5) is 24.9. The zero-order valence-corrected chi connectivity index (χ0v) is 13.1. The van der Waals surface area contributed by atoms with Crippen molar-refractivity contribution in [2.24, 2.45) is 5.73 Å². The van der Waals surface area contributed by atoms with Crippen molar-refractivity contribution in [1.29, 1.82) is 0 Å². The lowest BCUT2D eigenvalue weighted by Crippen LogP contribution is -2.57. The van der Waals surface area contributed by atoms with E-state index in [1.807, 2.05) is 0 Å². The van der Waals surface area contributed by atoms with E-state index in [4.69, 9.17) is 22.1 Å². The Labute approximate surface area is 133 Å². The summed E-state index contributed by atoms with van der Waals surface area (Å²) in [7, 11) is 0. The second-order valence-corrected chi connectivity index (χ2v) is 5.87. The number of benzene rings is 1. The first-order valence-electron chi connectivity index (χ1n) is 7.01. The fourth-order valence-corrected chi connectivity index (χ4v) is 2.59. The van der Waals surface area contributed by atoms with E-state index in [1.54, 1.807) is 25.1 Å². The molecule has 120 valence electrons. The topological polar surface area (TPSA) is 92.9 Å². The van der Waals surface area contributed by atoms with Crippen LogP contribution in [0.1, 0.15) is 18.4 Å². The lowest BCUT2D eigenvalue weighted by atomic mass is 9.92. The number of hydrogen-bond donors (Lipinski definition) is 2. The first-order valence-corrected chi connectivity index (χ1v) is 7.39. The summed E-state index contributed by atoms with van der Waals surface area (Å²) in [5.74, 6) is -0.585. The molecule has 6 nitrogen and oxygen atoms in total. The number of β-amino-alcohol motifs (C(OH)–C–C–N with tert-alkyl or cyclic N) is 1. The van der Waals surface area contributed by atoms with Crippen molar-refractivity contribution in [3.63, 3.8) is 0 Å². The third-order valence-electron chi connectivity index (χ3n) is 3.85. The number of aliphatic hydroxyl groups is 1. The van der Waals surface area contributed by atoms with E-state index < -0.39 is 11.5 Å². The molecule has 1 heterocycles. The monoisotopic (exact) mass is 326 g/mol. The molecule has 2 amide bonds. The van der Waals surface area contributed by atoms with Crippen molar-refractivity contribution in [2.75, 3.05) is 19.7 Å². The Hall–Kier alpha value is -1.79. The van der Waals surface area contributed by atoms with Crippen LogP contribution in [0.25, 0.3) is 0 Å². The number of amides is 2. The molecule has 0 radical (unpaired) electrons. The molecule has 3 N–H and O–H groups in total. The standard InChI is InChI=1S/C15H19ClN2O4/c1-10-11(16)4-2-5-12(10)22-8-13(19)18-7-3-6-15(21,9-18)14(17)20/h2,4-5,21H,3,6-9H2,1H3,(H2,17,20)/t15-/m0/s1. The molecule has 1 aromatic rings. The van der Waals surface area contributed by atoms with Crippen molar-refractivity contribution < 1.29 is 19.4 Å². The molecule has 1 aliphatic rings. The minimum Gasteiger partial charge on any atom is -0.483 e. The van der Waals surface area contributed by atoms with Crippen molar-refractivity contribution >= 4 is 23.4 Å². The van der Waals surface area contributed by atoms with Crippen LogP contribution in [0.4, 0.5) is 0 Å². The SMILES string of the molecule is Cc1c(Cl)cccc1OCC(=O)N1CCC[C@@](O)(C(N)=O)C1. The molecule has 1 aliphatic heterocycles. The highest BCUT2D eigenvalue weighted by Gasteiger charge is 2.40. The van der Waals surface area contributed by atoms with Gasteiger partial charge in [-0.3, -0.25) is 9.59 Å². The van der Waals surface area contributed by atoms with Gasteiger partial charge < -0.3 is 20.5 Å². The molecule has 7 heteroatoms. The van der Waals surface area contributed by atoms with Gasteiger partial charge in [0.25, 0.3) is 11.8 Å². The number of nitrogens with zero attached hydrogens (tertiary/aromatic N) is 1. The van der Waals surface area contributed by atoms with Gasteiger partial charge in [-0.15, -0.1) is 0 Å². The number of piperidine rings is 1. The van der Waals surface area contributed by atoms with Gasteiger partial charge >= 0.3 is 0 Å². The number of rotatable bonds is 4. The molecular weight excluding hydrogens is 308 g/mol. The third kappa shape index (κ3) is 3.51. The van der Waals surface area contributed by atoms with E-state index in [0.29, 0.717) is 23.7 Å². The molecule has 2 rings (SSSR count). The van der Waals surface area contributed by atoms with Crippen LogP contribution in [-0.4, -0.2) is 47.1 Å². The summed E-state index contributed by atoms with van der Waals surface area (Å²) < 4.78 is 5.49. The van der Waals surface area contributed by atoms with Gasteiger partial charge in [0.1, 0.15) is 5.75 Å². The summed E-state index contributed by atoms with van der Waals surface area (Å²) in [6.07, 6.45) is 0.780. The van der Waals surface area contributed by atoms with E-state index in [2.05, 4.69) is 0 Å². The highest BCUT2D eigenvalue weighted by Crippen LogP contribution is 2.25. The number of likely N-dealkylation sites (tertiary alicyclic amines) is 1. The fourth-order valence-electron chi connectivity index (χ4n) is 2.43. The first kappa shape index (κ1) is 16.6. The Kier molecular flexibility index (Phi) is 4.93. The first-order chi connectivity index (χ1) is 10.3. The summed E-state index contributed by atoms with van der Waals surface area (Å²) in [6, 6.07) is 5.20. The van der Waals surface area contributed by atoms with Crippen LogP contribution >= 0.6 is 11.6 Å². The molecule has 1 atom stereocenters. The molecule has 1 fully saturated rings. The fraction of sp³-hybridized carbons (Fsp3) is 0.467. The highest BCUT2D eigenvalue weighted by molar-refractivity contribution is 6.31. The average molecular weight is 327 g/mol. The number of primary amides is 1. The van der Waals surface area contributed by atoms with Gasteiger partial charge in [0.2, 0.25) is 0 Å².